The number of nitrogens with zero attached hydrogens (tertiary/aromatic N) is 1. The molecule has 0 aromatic rings. The van der Waals surface area contributed by atoms with E-state index < -0.39 is 35.3 Å². The Bertz CT molecular complexity index is 571. The number of rotatable bonds is 14. The highest BCUT2D eigenvalue weighted by Crippen LogP contribution is 2.20. The Labute approximate surface area is 174 Å². The van der Waals surface area contributed by atoms with Crippen LogP contribution in [0.2, 0.25) is 0 Å². The zero-order valence-corrected chi connectivity index (χ0v) is 18.8. The van der Waals surface area contributed by atoms with Crippen LogP contribution in [0.5, 0.6) is 0 Å². The number of nitrogens with two attached hydrogens (primary N) is 1. The van der Waals surface area contributed by atoms with Crippen LogP contribution < -0.4 is 16.4 Å². The van der Waals surface area contributed by atoms with Crippen molar-refractivity contribution in [3.63, 3.8) is 0 Å². The molecule has 4 N–H and O–H groups in total. The summed E-state index contributed by atoms with van der Waals surface area (Å²) in [5, 5.41) is 5.45. The molecular formula is C20H38N4O5. The van der Waals surface area contributed by atoms with Crippen LogP contribution in [0.1, 0.15) is 60.3 Å². The molecule has 168 valence electrons. The van der Waals surface area contributed by atoms with Crippen molar-refractivity contribution in [3.8, 4) is 0 Å². The molecule has 0 aliphatic rings. The van der Waals surface area contributed by atoms with Crippen molar-refractivity contribution in [2.45, 2.75) is 83.8 Å². The van der Waals surface area contributed by atoms with Crippen LogP contribution in [0, 0.1) is 5.92 Å². The van der Waals surface area contributed by atoms with Gasteiger partial charge in [-0.1, -0.05) is 34.1 Å². The molecule has 9 heteroatoms. The van der Waals surface area contributed by atoms with E-state index in [0.717, 1.165) is 11.3 Å². The Kier molecular flexibility index (Phi) is 11.2. The standard InChI is InChI=1S/C20H38N4O5/c1-8-10-15(22-6)17(27)23-19(5,12-25)29-16(9-2)18(28)24(7)20(21,13-26)11-14(3)4/h12-16,22H,8-11,21H2,1-7H3,(H,23,27). The third-order valence-corrected chi connectivity index (χ3v) is 4.77. The van der Waals surface area contributed by atoms with E-state index in [-0.39, 0.29) is 18.8 Å². The molecule has 0 spiro atoms. The number of hydrogen-bond acceptors (Lipinski definition) is 7. The van der Waals surface area contributed by atoms with Crippen molar-refractivity contribution < 1.29 is 23.9 Å². The van der Waals surface area contributed by atoms with E-state index in [4.69, 9.17) is 10.5 Å². The van der Waals surface area contributed by atoms with E-state index in [1.54, 1.807) is 14.0 Å². The predicted molar refractivity (Wildman–Crippen MR) is 111 cm³/mol. The second-order valence-electron chi connectivity index (χ2n) is 7.96. The number of amides is 2. The fourth-order valence-electron chi connectivity index (χ4n) is 3.06. The Hall–Kier alpha value is -1.84. The minimum atomic E-state index is -1.70. The number of hydrogen-bond donors (Lipinski definition) is 3. The lowest BCUT2D eigenvalue weighted by molar-refractivity contribution is -0.170. The van der Waals surface area contributed by atoms with Gasteiger partial charge in [0.05, 0.1) is 6.04 Å². The van der Waals surface area contributed by atoms with Gasteiger partial charge in [-0.25, -0.2) is 0 Å². The average molecular weight is 415 g/mol. The van der Waals surface area contributed by atoms with Gasteiger partial charge in [-0.3, -0.25) is 19.2 Å². The van der Waals surface area contributed by atoms with Gasteiger partial charge in [-0.15, -0.1) is 0 Å². The van der Waals surface area contributed by atoms with Crippen molar-refractivity contribution in [2.24, 2.45) is 11.7 Å². The molecular weight excluding hydrogens is 376 g/mol. The summed E-state index contributed by atoms with van der Waals surface area (Å²) in [4.78, 5) is 49.9. The Balaban J connectivity index is 5.47. The Morgan fingerprint density at radius 1 is 1.21 bits per heavy atom. The summed E-state index contributed by atoms with van der Waals surface area (Å²) in [5.41, 5.74) is 2.95. The van der Waals surface area contributed by atoms with Gasteiger partial charge >= 0.3 is 0 Å². The molecule has 2 amide bonds. The second kappa shape index (κ2) is 12.0. The molecule has 0 saturated carbocycles. The summed E-state index contributed by atoms with van der Waals surface area (Å²) in [5.74, 6) is -0.859. The maximum absolute atomic E-state index is 13.0. The molecule has 0 heterocycles. The van der Waals surface area contributed by atoms with Crippen LogP contribution in [0.25, 0.3) is 0 Å². The first-order valence-electron chi connectivity index (χ1n) is 10.1. The molecule has 0 saturated heterocycles. The van der Waals surface area contributed by atoms with E-state index in [2.05, 4.69) is 10.6 Å². The van der Waals surface area contributed by atoms with Gasteiger partial charge < -0.3 is 26.0 Å². The van der Waals surface area contributed by atoms with E-state index in [0.29, 0.717) is 19.0 Å². The van der Waals surface area contributed by atoms with Gasteiger partial charge in [0.2, 0.25) is 5.91 Å². The lowest BCUT2D eigenvalue weighted by Crippen LogP contribution is -2.62. The molecule has 9 nitrogen and oxygen atoms in total. The molecule has 0 aromatic carbocycles. The maximum atomic E-state index is 13.0. The molecule has 0 aliphatic heterocycles. The Morgan fingerprint density at radius 3 is 2.17 bits per heavy atom. The zero-order chi connectivity index (χ0) is 22.8. The van der Waals surface area contributed by atoms with Gasteiger partial charge in [0.25, 0.3) is 5.91 Å². The van der Waals surface area contributed by atoms with Crippen molar-refractivity contribution in [2.75, 3.05) is 14.1 Å². The molecule has 0 aromatic heterocycles. The van der Waals surface area contributed by atoms with Crippen LogP contribution >= 0.6 is 0 Å². The fraction of sp³-hybridized carbons (Fsp3) is 0.800. The average Bonchev–Trinajstić information content (AvgIpc) is 2.68. The first kappa shape index (κ1) is 27.2. The van der Waals surface area contributed by atoms with Crippen LogP contribution in [0.3, 0.4) is 0 Å². The van der Waals surface area contributed by atoms with Gasteiger partial charge in [0.1, 0.15) is 11.8 Å². The number of ether oxygens (including phenoxy) is 1. The third-order valence-electron chi connectivity index (χ3n) is 4.77. The molecule has 0 aliphatic carbocycles. The van der Waals surface area contributed by atoms with Crippen molar-refractivity contribution in [1.82, 2.24) is 15.5 Å². The topological polar surface area (TPSA) is 131 Å². The second-order valence-corrected chi connectivity index (χ2v) is 7.96. The summed E-state index contributed by atoms with van der Waals surface area (Å²) in [7, 11) is 3.08. The molecule has 29 heavy (non-hydrogen) atoms. The third kappa shape index (κ3) is 7.83. The fourth-order valence-corrected chi connectivity index (χ4v) is 3.06. The van der Waals surface area contributed by atoms with E-state index >= 15 is 0 Å². The maximum Gasteiger partial charge on any atom is 0.253 e. The number of carbonyl (C=O) groups is 4. The van der Waals surface area contributed by atoms with Gasteiger partial charge in [-0.05, 0) is 39.2 Å². The summed E-state index contributed by atoms with van der Waals surface area (Å²) in [6.07, 6.45) is 1.79. The minimum Gasteiger partial charge on any atom is -0.336 e. The summed E-state index contributed by atoms with van der Waals surface area (Å²) in [6, 6.07) is -0.487. The van der Waals surface area contributed by atoms with E-state index in [1.807, 2.05) is 20.8 Å². The van der Waals surface area contributed by atoms with Gasteiger partial charge in [0, 0.05) is 7.05 Å². The molecule has 0 bridgehead atoms. The van der Waals surface area contributed by atoms with Crippen LogP contribution in [-0.4, -0.2) is 66.9 Å². The summed E-state index contributed by atoms with van der Waals surface area (Å²) in [6.45, 7) is 8.82. The normalized spacial score (nSPS) is 17.6. The Morgan fingerprint density at radius 2 is 1.79 bits per heavy atom. The SMILES string of the molecule is CCCC(NC)C(=O)NC(C)(C=O)OC(CC)C(=O)N(C)C(N)(C=O)CC(C)C. The van der Waals surface area contributed by atoms with Crippen LogP contribution in [-0.2, 0) is 23.9 Å². The number of likely N-dealkylation sites (N-methyl/N-ethyl adjacent to an activating group) is 2. The zero-order valence-electron chi connectivity index (χ0n) is 18.8. The van der Waals surface area contributed by atoms with E-state index in [1.165, 1.54) is 14.0 Å². The smallest absolute Gasteiger partial charge is 0.253 e. The predicted octanol–water partition coefficient (Wildman–Crippen LogP) is 0.559. The van der Waals surface area contributed by atoms with Crippen molar-refractivity contribution in [3.05, 3.63) is 0 Å². The quantitative estimate of drug-likeness (QED) is 0.280. The molecule has 0 rings (SSSR count). The van der Waals surface area contributed by atoms with E-state index in [9.17, 15) is 19.2 Å². The molecule has 4 atom stereocenters. The first-order chi connectivity index (χ1) is 13.4. The monoisotopic (exact) mass is 414 g/mol. The highest BCUT2D eigenvalue weighted by Gasteiger charge is 2.40. The minimum absolute atomic E-state index is 0.0815. The van der Waals surface area contributed by atoms with Crippen LogP contribution in [0.4, 0.5) is 0 Å². The van der Waals surface area contributed by atoms with Gasteiger partial charge in [0.15, 0.2) is 18.3 Å². The lowest BCUT2D eigenvalue weighted by Gasteiger charge is -2.38. The van der Waals surface area contributed by atoms with Crippen LogP contribution in [0.15, 0.2) is 0 Å². The van der Waals surface area contributed by atoms with Crippen molar-refractivity contribution >= 4 is 24.4 Å². The van der Waals surface area contributed by atoms with Crippen molar-refractivity contribution in [1.29, 1.82) is 0 Å². The summed E-state index contributed by atoms with van der Waals surface area (Å²) < 4.78 is 5.72. The number of carbonyl (C=O) groups excluding carboxylic acids is 4. The molecule has 4 unspecified atom stereocenters. The summed E-state index contributed by atoms with van der Waals surface area (Å²) >= 11 is 0. The highest BCUT2D eigenvalue weighted by molar-refractivity contribution is 5.87. The first-order valence-corrected chi connectivity index (χ1v) is 10.1. The number of nitrogens with one attached hydrogen (secondary N) is 2. The molecule has 0 radical (unpaired) electrons. The highest BCUT2D eigenvalue weighted by atomic mass is 16.5. The number of aldehydes is 2. The molecule has 0 fully saturated rings. The largest absolute Gasteiger partial charge is 0.336 e. The lowest BCUT2D eigenvalue weighted by atomic mass is 9.97. The van der Waals surface area contributed by atoms with Gasteiger partial charge in [-0.2, -0.15) is 0 Å².